The molecular weight excluding hydrogens is 284 g/mol. The van der Waals surface area contributed by atoms with Gasteiger partial charge in [0.1, 0.15) is 6.61 Å². The molecule has 0 spiro atoms. The van der Waals surface area contributed by atoms with Crippen molar-refractivity contribution in [3.8, 4) is 6.07 Å². The van der Waals surface area contributed by atoms with E-state index in [0.29, 0.717) is 5.56 Å². The van der Waals surface area contributed by atoms with Gasteiger partial charge >= 0.3 is 5.97 Å². The summed E-state index contributed by atoms with van der Waals surface area (Å²) in [6.07, 6.45) is 1.48. The summed E-state index contributed by atoms with van der Waals surface area (Å²) in [5, 5.41) is 11.2. The summed E-state index contributed by atoms with van der Waals surface area (Å²) in [4.78, 5) is 23.1. The van der Waals surface area contributed by atoms with Gasteiger partial charge in [-0.2, -0.15) is 5.26 Å². The molecule has 6 nitrogen and oxygen atoms in total. The molecule has 1 N–H and O–H groups in total. The van der Waals surface area contributed by atoms with Crippen LogP contribution < -0.4 is 5.32 Å². The number of rotatable bonds is 6. The van der Waals surface area contributed by atoms with E-state index in [1.165, 1.54) is 6.26 Å². The number of amides is 1. The monoisotopic (exact) mass is 298 g/mol. The van der Waals surface area contributed by atoms with E-state index in [-0.39, 0.29) is 31.2 Å². The summed E-state index contributed by atoms with van der Waals surface area (Å²) < 4.78 is 10.0. The van der Waals surface area contributed by atoms with Crippen molar-refractivity contribution in [3.63, 3.8) is 0 Å². The first-order valence-electron chi connectivity index (χ1n) is 6.65. The Morgan fingerprint density at radius 2 is 2.00 bits per heavy atom. The van der Waals surface area contributed by atoms with Crippen molar-refractivity contribution in [2.24, 2.45) is 0 Å². The van der Waals surface area contributed by atoms with Gasteiger partial charge in [0.2, 0.25) is 0 Å². The first kappa shape index (κ1) is 15.3. The normalized spacial score (nSPS) is 9.77. The van der Waals surface area contributed by atoms with Crippen molar-refractivity contribution in [1.29, 1.82) is 5.26 Å². The molecule has 0 aliphatic carbocycles. The summed E-state index contributed by atoms with van der Waals surface area (Å²) in [5.41, 5.74) is 1.35. The molecule has 1 amide bonds. The van der Waals surface area contributed by atoms with Crippen LogP contribution in [-0.4, -0.2) is 18.4 Å². The fourth-order valence-electron chi connectivity index (χ4n) is 1.68. The van der Waals surface area contributed by atoms with Gasteiger partial charge in [0.15, 0.2) is 5.76 Å². The number of esters is 1. The Labute approximate surface area is 127 Å². The second-order valence-electron chi connectivity index (χ2n) is 4.45. The minimum Gasteiger partial charge on any atom is -0.461 e. The third-order valence-corrected chi connectivity index (χ3v) is 2.84. The molecule has 0 bridgehead atoms. The standard InChI is InChI=1S/C16H14N2O4/c17-10-12-3-5-13(6-4-12)11-22-15(19)7-8-18-16(20)14-2-1-9-21-14/h1-6,9H,7-8,11H2,(H,18,20). The number of benzene rings is 1. The minimum atomic E-state index is -0.413. The Bertz CT molecular complexity index is 669. The van der Waals surface area contributed by atoms with E-state index in [2.05, 4.69) is 5.32 Å². The van der Waals surface area contributed by atoms with Crippen LogP contribution in [0.4, 0.5) is 0 Å². The zero-order valence-electron chi connectivity index (χ0n) is 11.7. The fraction of sp³-hybridized carbons (Fsp3) is 0.188. The number of nitrogens with zero attached hydrogens (tertiary/aromatic N) is 1. The van der Waals surface area contributed by atoms with Gasteiger partial charge in [-0.3, -0.25) is 9.59 Å². The minimum absolute atomic E-state index is 0.0722. The molecule has 0 aliphatic heterocycles. The molecule has 2 aromatic rings. The Morgan fingerprint density at radius 1 is 1.23 bits per heavy atom. The molecule has 6 heteroatoms. The van der Waals surface area contributed by atoms with Crippen molar-refractivity contribution in [3.05, 3.63) is 59.5 Å². The summed E-state index contributed by atoms with van der Waals surface area (Å²) in [6, 6.07) is 11.9. The second kappa shape index (κ2) is 7.64. The van der Waals surface area contributed by atoms with Crippen LogP contribution >= 0.6 is 0 Å². The van der Waals surface area contributed by atoms with Gasteiger partial charge in [-0.05, 0) is 29.8 Å². The van der Waals surface area contributed by atoms with Gasteiger partial charge in [0, 0.05) is 6.54 Å². The average molecular weight is 298 g/mol. The quantitative estimate of drug-likeness (QED) is 0.823. The predicted molar refractivity (Wildman–Crippen MR) is 76.6 cm³/mol. The van der Waals surface area contributed by atoms with E-state index in [9.17, 15) is 9.59 Å². The number of furan rings is 1. The highest BCUT2D eigenvalue weighted by molar-refractivity contribution is 5.91. The number of ether oxygens (including phenoxy) is 1. The summed E-state index contributed by atoms with van der Waals surface area (Å²) in [7, 11) is 0. The van der Waals surface area contributed by atoms with Gasteiger partial charge in [-0.15, -0.1) is 0 Å². The molecule has 0 aliphatic rings. The predicted octanol–water partition coefficient (Wildman–Crippen LogP) is 2.01. The van der Waals surface area contributed by atoms with Crippen molar-refractivity contribution in [1.82, 2.24) is 5.32 Å². The lowest BCUT2D eigenvalue weighted by Gasteiger charge is -2.06. The molecule has 0 unspecified atom stereocenters. The van der Waals surface area contributed by atoms with E-state index in [0.717, 1.165) is 5.56 Å². The van der Waals surface area contributed by atoms with Crippen LogP contribution in [0.5, 0.6) is 0 Å². The molecule has 0 atom stereocenters. The molecule has 0 saturated heterocycles. The van der Waals surface area contributed by atoms with Crippen molar-refractivity contribution < 1.29 is 18.7 Å². The number of hydrogen-bond donors (Lipinski definition) is 1. The second-order valence-corrected chi connectivity index (χ2v) is 4.45. The van der Waals surface area contributed by atoms with E-state index in [1.54, 1.807) is 36.4 Å². The first-order chi connectivity index (χ1) is 10.7. The van der Waals surface area contributed by atoms with Gasteiger partial charge in [-0.1, -0.05) is 12.1 Å². The molecule has 0 saturated carbocycles. The third kappa shape index (κ3) is 4.49. The van der Waals surface area contributed by atoms with Crippen LogP contribution in [0.3, 0.4) is 0 Å². The Kier molecular flexibility index (Phi) is 5.32. The van der Waals surface area contributed by atoms with Crippen LogP contribution in [0.15, 0.2) is 47.1 Å². The van der Waals surface area contributed by atoms with E-state index in [1.807, 2.05) is 6.07 Å². The Morgan fingerprint density at radius 3 is 2.64 bits per heavy atom. The van der Waals surface area contributed by atoms with E-state index < -0.39 is 5.97 Å². The van der Waals surface area contributed by atoms with Crippen LogP contribution in [-0.2, 0) is 16.1 Å². The first-order valence-corrected chi connectivity index (χ1v) is 6.65. The number of nitrogens with one attached hydrogen (secondary N) is 1. The smallest absolute Gasteiger partial charge is 0.307 e. The van der Waals surface area contributed by atoms with Crippen LogP contribution in [0.1, 0.15) is 28.1 Å². The maximum atomic E-state index is 11.6. The molecule has 0 fully saturated rings. The molecule has 22 heavy (non-hydrogen) atoms. The Hall–Kier alpha value is -3.07. The summed E-state index contributed by atoms with van der Waals surface area (Å²) >= 11 is 0. The SMILES string of the molecule is N#Cc1ccc(COC(=O)CCNC(=O)c2ccco2)cc1. The maximum absolute atomic E-state index is 11.6. The number of nitriles is 1. The van der Waals surface area contributed by atoms with Crippen LogP contribution in [0, 0.1) is 11.3 Å². The summed E-state index contributed by atoms with van der Waals surface area (Å²) in [6.45, 7) is 0.308. The fourth-order valence-corrected chi connectivity index (χ4v) is 1.68. The molecule has 1 aromatic heterocycles. The molecular formula is C16H14N2O4. The third-order valence-electron chi connectivity index (χ3n) is 2.84. The highest BCUT2D eigenvalue weighted by atomic mass is 16.5. The zero-order chi connectivity index (χ0) is 15.8. The molecule has 1 heterocycles. The van der Waals surface area contributed by atoms with Gasteiger partial charge in [0.25, 0.3) is 5.91 Å². The highest BCUT2D eigenvalue weighted by Gasteiger charge is 2.09. The average Bonchev–Trinajstić information content (AvgIpc) is 3.08. The maximum Gasteiger partial charge on any atom is 0.307 e. The van der Waals surface area contributed by atoms with Gasteiger partial charge in [0.05, 0.1) is 24.3 Å². The molecule has 0 radical (unpaired) electrons. The van der Waals surface area contributed by atoms with Gasteiger partial charge in [-0.25, -0.2) is 0 Å². The topological polar surface area (TPSA) is 92.3 Å². The number of hydrogen-bond acceptors (Lipinski definition) is 5. The summed E-state index contributed by atoms with van der Waals surface area (Å²) in [5.74, 6) is -0.583. The van der Waals surface area contributed by atoms with Crippen molar-refractivity contribution in [2.45, 2.75) is 13.0 Å². The molecule has 112 valence electrons. The van der Waals surface area contributed by atoms with Crippen molar-refractivity contribution >= 4 is 11.9 Å². The zero-order valence-corrected chi connectivity index (χ0v) is 11.7. The van der Waals surface area contributed by atoms with Crippen LogP contribution in [0.25, 0.3) is 0 Å². The lowest BCUT2D eigenvalue weighted by atomic mass is 10.2. The molecule has 1 aromatic carbocycles. The van der Waals surface area contributed by atoms with Crippen molar-refractivity contribution in [2.75, 3.05) is 6.54 Å². The van der Waals surface area contributed by atoms with E-state index >= 15 is 0 Å². The largest absolute Gasteiger partial charge is 0.461 e. The van der Waals surface area contributed by atoms with Gasteiger partial charge < -0.3 is 14.5 Å². The van der Waals surface area contributed by atoms with Crippen LogP contribution in [0.2, 0.25) is 0 Å². The molecule has 2 rings (SSSR count). The number of carbonyl (C=O) groups excluding carboxylic acids is 2. The number of carbonyl (C=O) groups is 2. The highest BCUT2D eigenvalue weighted by Crippen LogP contribution is 2.05. The van der Waals surface area contributed by atoms with E-state index in [4.69, 9.17) is 14.4 Å². The Balaban J connectivity index is 1.67. The lowest BCUT2D eigenvalue weighted by Crippen LogP contribution is -2.26. The lowest BCUT2D eigenvalue weighted by molar-refractivity contribution is -0.144.